The third-order valence-corrected chi connectivity index (χ3v) is 6.13. The van der Waals surface area contributed by atoms with Crippen molar-refractivity contribution in [2.24, 2.45) is 0 Å². The second kappa shape index (κ2) is 10.1. The molecule has 0 aliphatic heterocycles. The molecule has 2 amide bonds. The number of carbonyl (C=O) groups excluding carboxylic acids is 2. The Morgan fingerprint density at radius 3 is 2.47 bits per heavy atom. The molecule has 0 aliphatic carbocycles. The SMILES string of the molecule is CC(NC(=O)c1ccccc1NC(=O)CSc1ccnc2ccccc12)c1ccccc1. The molecule has 1 unspecified atom stereocenters. The minimum Gasteiger partial charge on any atom is -0.345 e. The van der Waals surface area contributed by atoms with E-state index < -0.39 is 0 Å². The number of nitrogens with one attached hydrogen (secondary N) is 2. The lowest BCUT2D eigenvalue weighted by atomic mass is 10.1. The van der Waals surface area contributed by atoms with Crippen molar-refractivity contribution in [3.8, 4) is 0 Å². The smallest absolute Gasteiger partial charge is 0.253 e. The molecule has 4 aromatic rings. The maximum Gasteiger partial charge on any atom is 0.253 e. The van der Waals surface area contributed by atoms with E-state index in [-0.39, 0.29) is 23.6 Å². The number of rotatable bonds is 7. The first-order valence-corrected chi connectivity index (χ1v) is 11.3. The van der Waals surface area contributed by atoms with Crippen molar-refractivity contribution in [2.75, 3.05) is 11.1 Å². The number of aromatic nitrogens is 1. The Balaban J connectivity index is 1.42. The molecule has 0 bridgehead atoms. The molecule has 4 rings (SSSR count). The van der Waals surface area contributed by atoms with Gasteiger partial charge in [-0.3, -0.25) is 14.6 Å². The summed E-state index contributed by atoms with van der Waals surface area (Å²) < 4.78 is 0. The summed E-state index contributed by atoms with van der Waals surface area (Å²) in [4.78, 5) is 30.9. The van der Waals surface area contributed by atoms with E-state index in [2.05, 4.69) is 15.6 Å². The van der Waals surface area contributed by atoms with Gasteiger partial charge in [0.1, 0.15) is 0 Å². The summed E-state index contributed by atoms with van der Waals surface area (Å²) >= 11 is 1.45. The van der Waals surface area contributed by atoms with Crippen LogP contribution >= 0.6 is 11.8 Å². The summed E-state index contributed by atoms with van der Waals surface area (Å²) in [6, 6.07) is 26.4. The fraction of sp³-hybridized carbons (Fsp3) is 0.115. The van der Waals surface area contributed by atoms with Crippen molar-refractivity contribution >= 4 is 40.2 Å². The average Bonchev–Trinajstić information content (AvgIpc) is 2.83. The minimum absolute atomic E-state index is 0.150. The Morgan fingerprint density at radius 2 is 1.62 bits per heavy atom. The number of carbonyl (C=O) groups is 2. The van der Waals surface area contributed by atoms with E-state index in [0.29, 0.717) is 11.3 Å². The number of hydrogen-bond acceptors (Lipinski definition) is 4. The largest absolute Gasteiger partial charge is 0.345 e. The molecule has 0 saturated heterocycles. The Morgan fingerprint density at radius 1 is 0.906 bits per heavy atom. The lowest BCUT2D eigenvalue weighted by Crippen LogP contribution is -2.28. The Labute approximate surface area is 191 Å². The van der Waals surface area contributed by atoms with Crippen LogP contribution in [0.15, 0.2) is 96.0 Å². The molecule has 0 spiro atoms. The number of hydrogen-bond donors (Lipinski definition) is 2. The van der Waals surface area contributed by atoms with Gasteiger partial charge in [-0.15, -0.1) is 11.8 Å². The predicted octanol–water partition coefficient (Wildman–Crippen LogP) is 5.46. The molecule has 3 aromatic carbocycles. The van der Waals surface area contributed by atoms with Gasteiger partial charge in [0.25, 0.3) is 5.91 Å². The van der Waals surface area contributed by atoms with Gasteiger partial charge < -0.3 is 10.6 Å². The van der Waals surface area contributed by atoms with E-state index >= 15 is 0 Å². The first kappa shape index (κ1) is 21.6. The molecule has 32 heavy (non-hydrogen) atoms. The molecule has 5 nitrogen and oxygen atoms in total. The molecule has 160 valence electrons. The van der Waals surface area contributed by atoms with Gasteiger partial charge >= 0.3 is 0 Å². The summed E-state index contributed by atoms with van der Waals surface area (Å²) in [5.74, 6) is -0.179. The maximum atomic E-state index is 12.9. The number of anilines is 1. The fourth-order valence-electron chi connectivity index (χ4n) is 3.41. The highest BCUT2D eigenvalue weighted by atomic mass is 32.2. The van der Waals surface area contributed by atoms with Crippen molar-refractivity contribution in [1.82, 2.24) is 10.3 Å². The van der Waals surface area contributed by atoms with E-state index in [4.69, 9.17) is 0 Å². The van der Waals surface area contributed by atoms with Gasteiger partial charge in [-0.2, -0.15) is 0 Å². The van der Waals surface area contributed by atoms with Gasteiger partial charge in [0.05, 0.1) is 28.6 Å². The van der Waals surface area contributed by atoms with Crippen LogP contribution in [-0.2, 0) is 4.79 Å². The van der Waals surface area contributed by atoms with E-state index in [1.165, 1.54) is 11.8 Å². The van der Waals surface area contributed by atoms with Crippen LogP contribution in [0.2, 0.25) is 0 Å². The molecule has 0 fully saturated rings. The highest BCUT2D eigenvalue weighted by Crippen LogP contribution is 2.27. The topological polar surface area (TPSA) is 71.1 Å². The molecule has 0 aliphatic rings. The number of para-hydroxylation sites is 2. The standard InChI is InChI=1S/C26H23N3O2S/c1-18(19-9-3-2-4-10-19)28-26(31)21-12-6-8-14-23(21)29-25(30)17-32-24-15-16-27-22-13-7-5-11-20(22)24/h2-16,18H,17H2,1H3,(H,28,31)(H,29,30). The van der Waals surface area contributed by atoms with Crippen LogP contribution < -0.4 is 10.6 Å². The first-order valence-electron chi connectivity index (χ1n) is 10.3. The van der Waals surface area contributed by atoms with E-state index in [0.717, 1.165) is 21.4 Å². The molecule has 6 heteroatoms. The van der Waals surface area contributed by atoms with Crippen molar-refractivity contribution in [1.29, 1.82) is 0 Å². The third-order valence-electron chi connectivity index (χ3n) is 5.06. The quantitative estimate of drug-likeness (QED) is 0.374. The average molecular weight is 442 g/mol. The molecule has 1 heterocycles. The highest BCUT2D eigenvalue weighted by molar-refractivity contribution is 8.00. The summed E-state index contributed by atoms with van der Waals surface area (Å²) in [5, 5.41) is 6.90. The Bertz CT molecular complexity index is 1240. The molecule has 2 N–H and O–H groups in total. The van der Waals surface area contributed by atoms with Gasteiger partial charge in [-0.05, 0) is 36.8 Å². The number of benzene rings is 3. The number of fused-ring (bicyclic) bond motifs is 1. The number of thioether (sulfide) groups is 1. The lowest BCUT2D eigenvalue weighted by molar-refractivity contribution is -0.113. The van der Waals surface area contributed by atoms with Crippen LogP contribution in [0.25, 0.3) is 10.9 Å². The molecule has 1 aromatic heterocycles. The second-order valence-electron chi connectivity index (χ2n) is 7.31. The molecule has 0 saturated carbocycles. The fourth-order valence-corrected chi connectivity index (χ4v) is 4.26. The summed E-state index contributed by atoms with van der Waals surface area (Å²) in [6.45, 7) is 1.93. The van der Waals surface area contributed by atoms with Crippen LogP contribution in [0.3, 0.4) is 0 Å². The van der Waals surface area contributed by atoms with Gasteiger partial charge in [0.2, 0.25) is 5.91 Å². The Kier molecular flexibility index (Phi) is 6.82. The van der Waals surface area contributed by atoms with Gasteiger partial charge in [-0.1, -0.05) is 60.7 Å². The molecule has 1 atom stereocenters. The number of pyridine rings is 1. The zero-order valence-corrected chi connectivity index (χ0v) is 18.4. The molecular formula is C26H23N3O2S. The summed E-state index contributed by atoms with van der Waals surface area (Å²) in [5.41, 5.74) is 2.84. The van der Waals surface area contributed by atoms with Crippen LogP contribution in [0.5, 0.6) is 0 Å². The van der Waals surface area contributed by atoms with Gasteiger partial charge in [-0.25, -0.2) is 0 Å². The second-order valence-corrected chi connectivity index (χ2v) is 8.33. The number of amides is 2. The highest BCUT2D eigenvalue weighted by Gasteiger charge is 2.16. The predicted molar refractivity (Wildman–Crippen MR) is 130 cm³/mol. The van der Waals surface area contributed by atoms with E-state index in [1.54, 1.807) is 30.5 Å². The van der Waals surface area contributed by atoms with Crippen molar-refractivity contribution < 1.29 is 9.59 Å². The molecular weight excluding hydrogens is 418 g/mol. The summed E-state index contributed by atoms with van der Waals surface area (Å²) in [7, 11) is 0. The van der Waals surface area contributed by atoms with Crippen LogP contribution in [0.4, 0.5) is 5.69 Å². The van der Waals surface area contributed by atoms with Crippen LogP contribution in [-0.4, -0.2) is 22.6 Å². The third kappa shape index (κ3) is 5.15. The zero-order chi connectivity index (χ0) is 22.3. The van der Waals surface area contributed by atoms with E-state index in [9.17, 15) is 9.59 Å². The van der Waals surface area contributed by atoms with Crippen molar-refractivity contribution in [3.05, 3.63) is 102 Å². The minimum atomic E-state index is -0.231. The molecule has 0 radical (unpaired) electrons. The van der Waals surface area contributed by atoms with Gasteiger partial charge in [0, 0.05) is 16.5 Å². The first-order chi connectivity index (χ1) is 15.6. The monoisotopic (exact) mass is 441 g/mol. The van der Waals surface area contributed by atoms with Gasteiger partial charge in [0.15, 0.2) is 0 Å². The van der Waals surface area contributed by atoms with E-state index in [1.807, 2.05) is 67.6 Å². The summed E-state index contributed by atoms with van der Waals surface area (Å²) in [6.07, 6.45) is 1.75. The normalized spacial score (nSPS) is 11.7. The van der Waals surface area contributed by atoms with Crippen molar-refractivity contribution in [2.45, 2.75) is 17.9 Å². The number of nitrogens with zero attached hydrogens (tertiary/aromatic N) is 1. The zero-order valence-electron chi connectivity index (χ0n) is 17.6. The lowest BCUT2D eigenvalue weighted by Gasteiger charge is -2.16. The van der Waals surface area contributed by atoms with Crippen molar-refractivity contribution in [3.63, 3.8) is 0 Å². The maximum absolute atomic E-state index is 12.9. The van der Waals surface area contributed by atoms with Crippen LogP contribution in [0.1, 0.15) is 28.9 Å². The van der Waals surface area contributed by atoms with Crippen LogP contribution in [0, 0.1) is 0 Å². The Hall–Kier alpha value is -3.64.